The van der Waals surface area contributed by atoms with Crippen LogP contribution in [0.15, 0.2) is 48.7 Å². The highest BCUT2D eigenvalue weighted by Crippen LogP contribution is 2.41. The Morgan fingerprint density at radius 1 is 1.04 bits per heavy atom. The van der Waals surface area contributed by atoms with Gasteiger partial charge in [-0.25, -0.2) is 0 Å². The number of benzene rings is 1. The molecule has 3 heteroatoms. The highest BCUT2D eigenvalue weighted by molar-refractivity contribution is 5.95. The van der Waals surface area contributed by atoms with Gasteiger partial charge < -0.3 is 5.11 Å². The van der Waals surface area contributed by atoms with Crippen LogP contribution in [-0.4, -0.2) is 22.5 Å². The van der Waals surface area contributed by atoms with Crippen LogP contribution < -0.4 is 0 Å². The summed E-state index contributed by atoms with van der Waals surface area (Å²) in [6, 6.07) is 14.5. The summed E-state index contributed by atoms with van der Waals surface area (Å²) in [6.07, 6.45) is 9.01. The molecule has 3 nitrogen and oxygen atoms in total. The van der Waals surface area contributed by atoms with Crippen molar-refractivity contribution in [2.75, 3.05) is 6.61 Å². The van der Waals surface area contributed by atoms with Crippen molar-refractivity contribution in [3.05, 3.63) is 65.5 Å². The number of Topliss-reactive ketones (excluding diaryl/α,β-unsaturated/α-hetero) is 1. The Morgan fingerprint density at radius 2 is 1.78 bits per heavy atom. The van der Waals surface area contributed by atoms with Crippen molar-refractivity contribution in [1.82, 2.24) is 4.98 Å². The average Bonchev–Trinajstić information content (AvgIpc) is 2.63. The van der Waals surface area contributed by atoms with E-state index in [0.717, 1.165) is 12.0 Å². The van der Waals surface area contributed by atoms with E-state index in [-0.39, 0.29) is 11.2 Å². The summed E-state index contributed by atoms with van der Waals surface area (Å²) in [6.45, 7) is -0.486. The number of hydrogen-bond donors (Lipinski definition) is 1. The fourth-order valence-electron chi connectivity index (χ4n) is 3.75. The Bertz CT molecular complexity index is 643. The number of carbonyl (C=O) groups is 1. The molecule has 1 fully saturated rings. The van der Waals surface area contributed by atoms with Gasteiger partial charge in [-0.1, -0.05) is 55.7 Å². The fourth-order valence-corrected chi connectivity index (χ4v) is 3.75. The summed E-state index contributed by atoms with van der Waals surface area (Å²) in [5.74, 6) is -0.327. The lowest BCUT2D eigenvalue weighted by molar-refractivity contribution is 0.0898. The Balaban J connectivity index is 1.86. The molecule has 0 unspecified atom stereocenters. The summed E-state index contributed by atoms with van der Waals surface area (Å²) >= 11 is 0. The number of rotatable bonds is 5. The van der Waals surface area contributed by atoms with Gasteiger partial charge >= 0.3 is 0 Å². The first-order chi connectivity index (χ1) is 11.2. The molecule has 0 atom stereocenters. The minimum Gasteiger partial charge on any atom is -0.388 e. The van der Waals surface area contributed by atoms with E-state index in [4.69, 9.17) is 5.11 Å². The maximum absolute atomic E-state index is 11.5. The van der Waals surface area contributed by atoms with E-state index in [9.17, 15) is 4.79 Å². The first-order valence-corrected chi connectivity index (χ1v) is 8.38. The van der Waals surface area contributed by atoms with Gasteiger partial charge in [-0.15, -0.1) is 0 Å². The minimum atomic E-state index is -0.486. The maximum atomic E-state index is 11.5. The van der Waals surface area contributed by atoms with E-state index < -0.39 is 6.61 Å². The lowest BCUT2D eigenvalue weighted by atomic mass is 9.66. The van der Waals surface area contributed by atoms with Crippen molar-refractivity contribution < 1.29 is 9.90 Å². The minimum absolute atomic E-state index is 0.184. The van der Waals surface area contributed by atoms with E-state index >= 15 is 0 Å². The number of pyridine rings is 1. The van der Waals surface area contributed by atoms with Crippen LogP contribution in [0.5, 0.6) is 0 Å². The van der Waals surface area contributed by atoms with Crippen LogP contribution in [-0.2, 0) is 11.8 Å². The highest BCUT2D eigenvalue weighted by atomic mass is 16.3. The largest absolute Gasteiger partial charge is 0.388 e. The zero-order valence-corrected chi connectivity index (χ0v) is 13.4. The molecule has 1 N–H and O–H groups in total. The molecule has 0 bridgehead atoms. The van der Waals surface area contributed by atoms with Gasteiger partial charge in [-0.2, -0.15) is 0 Å². The molecule has 0 saturated heterocycles. The second-order valence-electron chi connectivity index (χ2n) is 6.52. The first-order valence-electron chi connectivity index (χ1n) is 8.38. The van der Waals surface area contributed by atoms with Gasteiger partial charge in [0.15, 0.2) is 0 Å². The molecule has 1 saturated carbocycles. The van der Waals surface area contributed by atoms with Crippen LogP contribution in [0.1, 0.15) is 53.7 Å². The molecule has 1 aliphatic carbocycles. The average molecular weight is 309 g/mol. The lowest BCUT2D eigenvalue weighted by Gasteiger charge is -2.38. The van der Waals surface area contributed by atoms with E-state index in [1.807, 2.05) is 6.07 Å². The maximum Gasteiger partial charge on any atom is 0.206 e. The standard InChI is InChI=1S/C20H23NO2/c22-15-19(23)18-10-9-16(14-21-18)13-20(11-5-2-6-12-20)17-7-3-1-4-8-17/h1,3-4,7-10,14,22H,2,5-6,11-13,15H2. The summed E-state index contributed by atoms with van der Waals surface area (Å²) in [5, 5.41) is 8.92. The van der Waals surface area contributed by atoms with Crippen LogP contribution in [0.2, 0.25) is 0 Å². The predicted octanol–water partition coefficient (Wildman–Crippen LogP) is 3.70. The molecule has 1 aromatic heterocycles. The van der Waals surface area contributed by atoms with Gasteiger partial charge in [0, 0.05) is 6.20 Å². The van der Waals surface area contributed by atoms with Crippen LogP contribution in [0.3, 0.4) is 0 Å². The molecule has 2 aromatic rings. The molecule has 0 spiro atoms. The van der Waals surface area contributed by atoms with Crippen molar-refractivity contribution >= 4 is 5.78 Å². The van der Waals surface area contributed by atoms with Crippen molar-refractivity contribution in [3.8, 4) is 0 Å². The normalized spacial score (nSPS) is 16.9. The first kappa shape index (κ1) is 15.9. The van der Waals surface area contributed by atoms with Crippen molar-refractivity contribution in [2.45, 2.75) is 43.9 Å². The highest BCUT2D eigenvalue weighted by Gasteiger charge is 2.33. The summed E-state index contributed by atoms with van der Waals surface area (Å²) in [5.41, 5.74) is 3.10. The lowest BCUT2D eigenvalue weighted by Crippen LogP contribution is -2.31. The smallest absolute Gasteiger partial charge is 0.206 e. The van der Waals surface area contributed by atoms with E-state index in [1.54, 1.807) is 12.3 Å². The quantitative estimate of drug-likeness (QED) is 0.857. The fraction of sp³-hybridized carbons (Fsp3) is 0.400. The summed E-state index contributed by atoms with van der Waals surface area (Å²) in [7, 11) is 0. The van der Waals surface area contributed by atoms with Gasteiger partial charge in [0.05, 0.1) is 0 Å². The van der Waals surface area contributed by atoms with Crippen molar-refractivity contribution in [3.63, 3.8) is 0 Å². The Labute approximate surface area is 137 Å². The number of nitrogens with zero attached hydrogens (tertiary/aromatic N) is 1. The van der Waals surface area contributed by atoms with Crippen LogP contribution in [0.4, 0.5) is 0 Å². The SMILES string of the molecule is O=C(CO)c1ccc(CC2(c3ccccc3)CCCCC2)cn1. The molecule has 0 amide bonds. The number of hydrogen-bond acceptors (Lipinski definition) is 3. The monoisotopic (exact) mass is 309 g/mol. The number of ketones is 1. The molecule has 1 aromatic carbocycles. The zero-order valence-electron chi connectivity index (χ0n) is 13.4. The van der Waals surface area contributed by atoms with Gasteiger partial charge in [-0.05, 0) is 41.9 Å². The summed E-state index contributed by atoms with van der Waals surface area (Å²) < 4.78 is 0. The zero-order chi connectivity index (χ0) is 16.1. The van der Waals surface area contributed by atoms with Crippen molar-refractivity contribution in [1.29, 1.82) is 0 Å². The third kappa shape index (κ3) is 3.50. The molecule has 1 aliphatic rings. The number of aliphatic hydroxyl groups is 1. The second kappa shape index (κ2) is 7.05. The van der Waals surface area contributed by atoms with Crippen molar-refractivity contribution in [2.24, 2.45) is 0 Å². The molecule has 0 aliphatic heterocycles. The summed E-state index contributed by atoms with van der Waals surface area (Å²) in [4.78, 5) is 15.7. The Kier molecular flexibility index (Phi) is 4.87. The Morgan fingerprint density at radius 3 is 2.39 bits per heavy atom. The van der Waals surface area contributed by atoms with Gasteiger partial charge in [0.1, 0.15) is 12.3 Å². The molecular weight excluding hydrogens is 286 g/mol. The van der Waals surface area contributed by atoms with E-state index in [0.29, 0.717) is 5.69 Å². The number of aromatic nitrogens is 1. The molecule has 120 valence electrons. The predicted molar refractivity (Wildman–Crippen MR) is 90.6 cm³/mol. The van der Waals surface area contributed by atoms with Gasteiger partial charge in [0.2, 0.25) is 5.78 Å². The topological polar surface area (TPSA) is 50.2 Å². The van der Waals surface area contributed by atoms with E-state index in [1.165, 1.54) is 37.7 Å². The third-order valence-electron chi connectivity index (χ3n) is 4.99. The molecule has 0 radical (unpaired) electrons. The van der Waals surface area contributed by atoms with Gasteiger partial charge in [-0.3, -0.25) is 9.78 Å². The van der Waals surface area contributed by atoms with Gasteiger partial charge in [0.25, 0.3) is 0 Å². The molecule has 1 heterocycles. The number of aliphatic hydroxyl groups excluding tert-OH is 1. The van der Waals surface area contributed by atoms with E-state index in [2.05, 4.69) is 35.3 Å². The third-order valence-corrected chi connectivity index (χ3v) is 4.99. The molecule has 23 heavy (non-hydrogen) atoms. The molecule has 3 rings (SSSR count). The molecular formula is C20H23NO2. The second-order valence-corrected chi connectivity index (χ2v) is 6.52. The Hall–Kier alpha value is -2.00. The van der Waals surface area contributed by atoms with Crippen LogP contribution >= 0.6 is 0 Å². The van der Waals surface area contributed by atoms with Crippen LogP contribution in [0, 0.1) is 0 Å². The number of carbonyl (C=O) groups excluding carboxylic acids is 1. The van der Waals surface area contributed by atoms with Crippen LogP contribution in [0.25, 0.3) is 0 Å².